The number of rotatable bonds is 6. The van der Waals surface area contributed by atoms with Crippen molar-refractivity contribution in [2.24, 2.45) is 0 Å². The molecule has 0 radical (unpaired) electrons. The summed E-state index contributed by atoms with van der Waals surface area (Å²) < 4.78 is 51.5. The van der Waals surface area contributed by atoms with Crippen LogP contribution in [0.4, 0.5) is 13.2 Å². The summed E-state index contributed by atoms with van der Waals surface area (Å²) in [6.45, 7) is 5.51. The fourth-order valence-corrected chi connectivity index (χ4v) is 3.79. The SMILES string of the molecule is CCOC(=O)c1ccc2c(c1)nc(-c1ccc(C(F)(F)F)cc1)n2CCN1CCCOC1. The average molecular weight is 447 g/mol. The maximum absolute atomic E-state index is 13.0. The first-order valence-electron chi connectivity index (χ1n) is 10.5. The quantitative estimate of drug-likeness (QED) is 0.518. The second-order valence-corrected chi connectivity index (χ2v) is 7.60. The Bertz CT molecular complexity index is 1090. The van der Waals surface area contributed by atoms with Crippen molar-refractivity contribution in [1.82, 2.24) is 14.5 Å². The highest BCUT2D eigenvalue weighted by Crippen LogP contribution is 2.32. The van der Waals surface area contributed by atoms with Crippen LogP contribution in [0.25, 0.3) is 22.4 Å². The molecule has 3 aromatic rings. The van der Waals surface area contributed by atoms with E-state index in [9.17, 15) is 18.0 Å². The summed E-state index contributed by atoms with van der Waals surface area (Å²) in [6, 6.07) is 10.1. The average Bonchev–Trinajstić information content (AvgIpc) is 3.16. The first-order chi connectivity index (χ1) is 15.4. The summed E-state index contributed by atoms with van der Waals surface area (Å²) in [5, 5.41) is 0. The minimum absolute atomic E-state index is 0.264. The predicted molar refractivity (Wildman–Crippen MR) is 113 cm³/mol. The van der Waals surface area contributed by atoms with Crippen LogP contribution in [0.3, 0.4) is 0 Å². The summed E-state index contributed by atoms with van der Waals surface area (Å²) in [4.78, 5) is 19.0. The number of fused-ring (bicyclic) bond motifs is 1. The van der Waals surface area contributed by atoms with Crippen molar-refractivity contribution in [2.45, 2.75) is 26.1 Å². The Hall–Kier alpha value is -2.91. The van der Waals surface area contributed by atoms with E-state index in [4.69, 9.17) is 9.47 Å². The Morgan fingerprint density at radius 1 is 1.16 bits per heavy atom. The van der Waals surface area contributed by atoms with Crippen LogP contribution >= 0.6 is 0 Å². The fraction of sp³-hybridized carbons (Fsp3) is 0.391. The van der Waals surface area contributed by atoms with Crippen LogP contribution in [0.2, 0.25) is 0 Å². The summed E-state index contributed by atoms with van der Waals surface area (Å²) in [6.07, 6.45) is -3.44. The Morgan fingerprint density at radius 3 is 2.59 bits per heavy atom. The molecule has 0 bridgehead atoms. The number of hydrogen-bond acceptors (Lipinski definition) is 5. The van der Waals surface area contributed by atoms with Crippen LogP contribution in [0.5, 0.6) is 0 Å². The van der Waals surface area contributed by atoms with Gasteiger partial charge in [-0.15, -0.1) is 0 Å². The van der Waals surface area contributed by atoms with E-state index < -0.39 is 17.7 Å². The molecule has 0 atom stereocenters. The van der Waals surface area contributed by atoms with Crippen molar-refractivity contribution in [3.05, 3.63) is 53.6 Å². The summed E-state index contributed by atoms with van der Waals surface area (Å²) in [5.74, 6) is 0.109. The molecule has 32 heavy (non-hydrogen) atoms. The number of halogens is 3. The van der Waals surface area contributed by atoms with E-state index in [2.05, 4.69) is 9.88 Å². The molecule has 1 aliphatic rings. The van der Waals surface area contributed by atoms with Crippen LogP contribution in [0, 0.1) is 0 Å². The molecule has 4 rings (SSSR count). The number of ether oxygens (including phenoxy) is 2. The molecule has 9 heteroatoms. The van der Waals surface area contributed by atoms with Gasteiger partial charge in [0.2, 0.25) is 0 Å². The van der Waals surface area contributed by atoms with Crippen molar-refractivity contribution in [1.29, 1.82) is 0 Å². The molecule has 1 aromatic heterocycles. The molecule has 1 aliphatic heterocycles. The molecule has 0 N–H and O–H groups in total. The number of imidazole rings is 1. The molecular weight excluding hydrogens is 423 g/mol. The number of aromatic nitrogens is 2. The number of nitrogens with zero attached hydrogens (tertiary/aromatic N) is 3. The van der Waals surface area contributed by atoms with Gasteiger partial charge in [-0.05, 0) is 43.7 Å². The van der Waals surface area contributed by atoms with Crippen LogP contribution < -0.4 is 0 Å². The molecule has 0 aliphatic carbocycles. The van der Waals surface area contributed by atoms with E-state index in [-0.39, 0.29) is 6.61 Å². The Kier molecular flexibility index (Phi) is 6.48. The van der Waals surface area contributed by atoms with E-state index in [0.29, 0.717) is 42.3 Å². The molecule has 1 saturated heterocycles. The molecule has 6 nitrogen and oxygen atoms in total. The van der Waals surface area contributed by atoms with Gasteiger partial charge < -0.3 is 14.0 Å². The normalized spacial score (nSPS) is 15.2. The van der Waals surface area contributed by atoms with Crippen LogP contribution in [-0.4, -0.2) is 53.5 Å². The minimum atomic E-state index is -4.40. The van der Waals surface area contributed by atoms with Crippen molar-refractivity contribution in [3.63, 3.8) is 0 Å². The largest absolute Gasteiger partial charge is 0.462 e. The maximum atomic E-state index is 13.0. The smallest absolute Gasteiger partial charge is 0.416 e. The number of esters is 1. The third kappa shape index (κ3) is 4.78. The third-order valence-corrected chi connectivity index (χ3v) is 5.41. The molecule has 2 aromatic carbocycles. The molecule has 170 valence electrons. The van der Waals surface area contributed by atoms with Gasteiger partial charge in [0.25, 0.3) is 0 Å². The van der Waals surface area contributed by atoms with Crippen LogP contribution in [0.15, 0.2) is 42.5 Å². The van der Waals surface area contributed by atoms with Gasteiger partial charge in [-0.3, -0.25) is 4.90 Å². The summed E-state index contributed by atoms with van der Waals surface area (Å²) in [7, 11) is 0. The number of benzene rings is 2. The van der Waals surface area contributed by atoms with Crippen LogP contribution in [0.1, 0.15) is 29.3 Å². The van der Waals surface area contributed by atoms with Gasteiger partial charge in [-0.1, -0.05) is 12.1 Å². The minimum Gasteiger partial charge on any atom is -0.462 e. The second-order valence-electron chi connectivity index (χ2n) is 7.60. The predicted octanol–water partition coefficient (Wildman–Crippen LogP) is 4.58. The molecule has 0 unspecified atom stereocenters. The number of carbonyl (C=O) groups is 1. The molecule has 0 saturated carbocycles. The van der Waals surface area contributed by atoms with Crippen LogP contribution in [-0.2, 0) is 22.2 Å². The first-order valence-corrected chi connectivity index (χ1v) is 10.5. The zero-order chi connectivity index (χ0) is 22.7. The number of carbonyl (C=O) groups excluding carboxylic acids is 1. The molecular formula is C23H24F3N3O3. The molecule has 0 spiro atoms. The van der Waals surface area contributed by atoms with Gasteiger partial charge in [0.1, 0.15) is 5.82 Å². The summed E-state index contributed by atoms with van der Waals surface area (Å²) >= 11 is 0. The lowest BCUT2D eigenvalue weighted by molar-refractivity contribution is -0.137. The highest BCUT2D eigenvalue weighted by Gasteiger charge is 2.30. The van der Waals surface area contributed by atoms with Gasteiger partial charge in [0, 0.05) is 31.8 Å². The lowest BCUT2D eigenvalue weighted by Gasteiger charge is -2.26. The van der Waals surface area contributed by atoms with Crippen molar-refractivity contribution in [2.75, 3.05) is 33.0 Å². The lowest BCUT2D eigenvalue weighted by atomic mass is 10.1. The fourth-order valence-electron chi connectivity index (χ4n) is 3.79. The standard InChI is InChI=1S/C23H24F3N3O3/c1-2-32-22(30)17-6-9-20-19(14-17)27-21(16-4-7-18(8-5-16)23(24,25)26)29(20)12-11-28-10-3-13-31-15-28/h4-9,14H,2-3,10-13,15H2,1H3. The maximum Gasteiger partial charge on any atom is 0.416 e. The van der Waals surface area contributed by atoms with Gasteiger partial charge in [0.15, 0.2) is 0 Å². The Labute approximate surface area is 183 Å². The molecule has 0 amide bonds. The molecule has 1 fully saturated rings. The topological polar surface area (TPSA) is 56.6 Å². The monoisotopic (exact) mass is 447 g/mol. The zero-order valence-corrected chi connectivity index (χ0v) is 17.7. The van der Waals surface area contributed by atoms with Gasteiger partial charge in [0.05, 0.1) is 35.5 Å². The molecule has 2 heterocycles. The lowest BCUT2D eigenvalue weighted by Crippen LogP contribution is -2.35. The van der Waals surface area contributed by atoms with Gasteiger partial charge in [-0.25, -0.2) is 9.78 Å². The third-order valence-electron chi connectivity index (χ3n) is 5.41. The van der Waals surface area contributed by atoms with Crippen molar-refractivity contribution < 1.29 is 27.4 Å². The van der Waals surface area contributed by atoms with E-state index in [1.54, 1.807) is 25.1 Å². The summed E-state index contributed by atoms with van der Waals surface area (Å²) in [5.41, 5.74) is 1.62. The van der Waals surface area contributed by atoms with Gasteiger partial charge >= 0.3 is 12.1 Å². The second kappa shape index (κ2) is 9.30. The van der Waals surface area contributed by atoms with E-state index in [1.165, 1.54) is 12.1 Å². The Morgan fingerprint density at radius 2 is 1.94 bits per heavy atom. The van der Waals surface area contributed by atoms with Crippen molar-refractivity contribution in [3.8, 4) is 11.4 Å². The number of hydrogen-bond donors (Lipinski definition) is 0. The van der Waals surface area contributed by atoms with Crippen molar-refractivity contribution >= 4 is 17.0 Å². The van der Waals surface area contributed by atoms with Gasteiger partial charge in [-0.2, -0.15) is 13.2 Å². The highest BCUT2D eigenvalue weighted by atomic mass is 19.4. The Balaban J connectivity index is 1.71. The highest BCUT2D eigenvalue weighted by molar-refractivity contribution is 5.94. The first kappa shape index (κ1) is 22.3. The number of alkyl halides is 3. The van der Waals surface area contributed by atoms with E-state index >= 15 is 0 Å². The van der Waals surface area contributed by atoms with E-state index in [0.717, 1.165) is 37.2 Å². The van der Waals surface area contributed by atoms with E-state index in [1.807, 2.05) is 4.57 Å². The zero-order valence-electron chi connectivity index (χ0n) is 17.7.